The van der Waals surface area contributed by atoms with Crippen molar-refractivity contribution in [1.29, 1.82) is 0 Å². The van der Waals surface area contributed by atoms with Crippen LogP contribution in [0.15, 0.2) is 30.3 Å². The van der Waals surface area contributed by atoms with Crippen molar-refractivity contribution in [1.82, 2.24) is 4.90 Å². The van der Waals surface area contributed by atoms with Crippen LogP contribution in [0.5, 0.6) is 5.75 Å². The first kappa shape index (κ1) is 22.0. The topological polar surface area (TPSA) is 122 Å². The second kappa shape index (κ2) is 7.25. The molecule has 0 unspecified atom stereocenters. The summed E-state index contributed by atoms with van der Waals surface area (Å²) in [5.74, 6) is -2.98. The summed E-state index contributed by atoms with van der Waals surface area (Å²) < 4.78 is 5.35. The Bertz CT molecular complexity index is 1360. The van der Waals surface area contributed by atoms with Gasteiger partial charge in [0.1, 0.15) is 17.0 Å². The molecule has 0 aliphatic carbocycles. The van der Waals surface area contributed by atoms with Crippen molar-refractivity contribution in [3.8, 4) is 5.75 Å². The summed E-state index contributed by atoms with van der Waals surface area (Å²) in [4.78, 5) is 55.6. The average molecular weight is 497 g/mol. The van der Waals surface area contributed by atoms with Crippen LogP contribution in [0.2, 0.25) is 5.02 Å². The fourth-order valence-electron chi connectivity index (χ4n) is 6.59. The maximum atomic E-state index is 14.1. The van der Waals surface area contributed by atoms with Crippen LogP contribution in [0, 0.1) is 28.9 Å². The third kappa shape index (κ3) is 2.55. The number of hydrogen-bond donors (Lipinski definition) is 1. The highest BCUT2D eigenvalue weighted by molar-refractivity contribution is 6.32. The summed E-state index contributed by atoms with van der Waals surface area (Å²) in [6, 6.07) is 6.94. The van der Waals surface area contributed by atoms with Crippen molar-refractivity contribution in [2.45, 2.75) is 31.3 Å². The molecule has 4 atom stereocenters. The van der Waals surface area contributed by atoms with E-state index >= 15 is 0 Å². The predicted octanol–water partition coefficient (Wildman–Crippen LogP) is 3.00. The Morgan fingerprint density at radius 3 is 2.69 bits per heavy atom. The number of ether oxygens (including phenoxy) is 1. The van der Waals surface area contributed by atoms with Gasteiger partial charge in [-0.2, -0.15) is 0 Å². The van der Waals surface area contributed by atoms with Gasteiger partial charge in [0.15, 0.2) is 0 Å². The molecule has 10 nitrogen and oxygen atoms in total. The lowest BCUT2D eigenvalue weighted by atomic mass is 9.75. The van der Waals surface area contributed by atoms with Crippen LogP contribution < -0.4 is 15.0 Å². The summed E-state index contributed by atoms with van der Waals surface area (Å²) in [5.41, 5.74) is 0.286. The zero-order valence-corrected chi connectivity index (χ0v) is 19.7. The minimum absolute atomic E-state index is 0.0108. The minimum atomic E-state index is -1.36. The maximum absolute atomic E-state index is 14.1. The first-order valence-corrected chi connectivity index (χ1v) is 11.7. The van der Waals surface area contributed by atoms with Gasteiger partial charge in [-0.15, -0.1) is 0 Å². The van der Waals surface area contributed by atoms with E-state index in [4.69, 9.17) is 16.3 Å². The van der Waals surface area contributed by atoms with Gasteiger partial charge in [0.05, 0.1) is 29.6 Å². The molecular weight excluding hydrogens is 476 g/mol. The molecule has 1 N–H and O–H groups in total. The molecule has 2 aromatic carbocycles. The van der Waals surface area contributed by atoms with E-state index in [1.807, 2.05) is 4.90 Å². The van der Waals surface area contributed by atoms with E-state index in [9.17, 15) is 24.5 Å². The van der Waals surface area contributed by atoms with Crippen molar-refractivity contribution >= 4 is 46.4 Å². The predicted molar refractivity (Wildman–Crippen MR) is 125 cm³/mol. The first-order valence-electron chi connectivity index (χ1n) is 11.3. The van der Waals surface area contributed by atoms with Crippen molar-refractivity contribution in [3.05, 3.63) is 56.6 Å². The van der Waals surface area contributed by atoms with Crippen molar-refractivity contribution in [2.75, 3.05) is 23.9 Å². The number of carbonyl (C=O) groups excluding carboxylic acids is 3. The first-order chi connectivity index (χ1) is 16.7. The van der Waals surface area contributed by atoms with Crippen LogP contribution in [0.25, 0.3) is 0 Å². The molecule has 11 heteroatoms. The van der Waals surface area contributed by atoms with Crippen LogP contribution in [0.4, 0.5) is 17.1 Å². The van der Waals surface area contributed by atoms with Gasteiger partial charge in [0.2, 0.25) is 17.7 Å². The molecule has 180 valence electrons. The zero-order valence-electron chi connectivity index (χ0n) is 18.9. The molecule has 0 saturated carbocycles. The summed E-state index contributed by atoms with van der Waals surface area (Å²) in [6.45, 7) is 2.38. The Balaban J connectivity index is 1.56. The number of fused-ring (bicyclic) bond motifs is 7. The Kier molecular flexibility index (Phi) is 4.56. The van der Waals surface area contributed by atoms with Gasteiger partial charge >= 0.3 is 0 Å². The lowest BCUT2D eigenvalue weighted by molar-refractivity contribution is -0.384. The zero-order chi connectivity index (χ0) is 24.8. The monoisotopic (exact) mass is 496 g/mol. The summed E-state index contributed by atoms with van der Waals surface area (Å²) in [5, 5.41) is 14.9. The molecule has 0 aromatic heterocycles. The van der Waals surface area contributed by atoms with E-state index < -0.39 is 34.1 Å². The number of non-ortho nitro benzene ring substituents is 1. The van der Waals surface area contributed by atoms with Gasteiger partial charge in [-0.3, -0.25) is 29.4 Å². The normalized spacial score (nSPS) is 28.9. The van der Waals surface area contributed by atoms with E-state index in [-0.39, 0.29) is 29.1 Å². The van der Waals surface area contributed by atoms with Crippen molar-refractivity contribution in [2.24, 2.45) is 11.8 Å². The molecule has 6 rings (SSSR count). The van der Waals surface area contributed by atoms with Crippen molar-refractivity contribution < 1.29 is 24.0 Å². The number of halogens is 1. The van der Waals surface area contributed by atoms with Gasteiger partial charge in [0.25, 0.3) is 5.69 Å². The Hall–Kier alpha value is -3.50. The lowest BCUT2D eigenvalue weighted by Crippen LogP contribution is -2.54. The van der Waals surface area contributed by atoms with E-state index in [1.54, 1.807) is 19.1 Å². The molecule has 1 spiro atoms. The van der Waals surface area contributed by atoms with Gasteiger partial charge in [-0.1, -0.05) is 17.7 Å². The quantitative estimate of drug-likeness (QED) is 0.393. The average Bonchev–Trinajstić information content (AvgIpc) is 3.54. The number of anilines is 2. The molecule has 0 radical (unpaired) electrons. The molecule has 2 aromatic rings. The number of imide groups is 1. The van der Waals surface area contributed by atoms with Gasteiger partial charge in [0, 0.05) is 28.8 Å². The number of benzene rings is 2. The van der Waals surface area contributed by atoms with E-state index in [0.717, 1.165) is 11.3 Å². The number of rotatable bonds is 3. The van der Waals surface area contributed by atoms with Crippen LogP contribution in [0.1, 0.15) is 24.0 Å². The number of methoxy groups -OCH3 is 1. The van der Waals surface area contributed by atoms with Crippen LogP contribution in [0.3, 0.4) is 0 Å². The fraction of sp³-hybridized carbons (Fsp3) is 0.375. The Morgan fingerprint density at radius 1 is 1.20 bits per heavy atom. The molecule has 3 saturated heterocycles. The number of nitrogens with one attached hydrogen (secondary N) is 1. The number of nitro benzene ring substituents is 1. The van der Waals surface area contributed by atoms with Crippen LogP contribution >= 0.6 is 11.6 Å². The standard InChI is InChI=1S/C24H21ClN4O6/c1-11-14(25)7-6-13-20(11)26-23(32)24(13)19-18(15-4-3-9-27(15)24)21(30)28(22(19)31)16-10-12(29(33)34)5-8-17(16)35-2/h5-8,10,15,18-19H,3-4,9H2,1-2H3,(H,26,32)/t15-,18-,19-,24+/m1/s1. The smallest absolute Gasteiger partial charge is 0.271 e. The lowest BCUT2D eigenvalue weighted by Gasteiger charge is -2.36. The highest BCUT2D eigenvalue weighted by Crippen LogP contribution is 2.61. The van der Waals surface area contributed by atoms with E-state index in [2.05, 4.69) is 5.32 Å². The largest absolute Gasteiger partial charge is 0.495 e. The van der Waals surface area contributed by atoms with Crippen LogP contribution in [-0.4, -0.2) is 47.2 Å². The van der Waals surface area contributed by atoms with Gasteiger partial charge in [-0.05, 0) is 44.0 Å². The number of nitro groups is 1. The maximum Gasteiger partial charge on any atom is 0.271 e. The number of carbonyl (C=O) groups is 3. The third-order valence-electron chi connectivity index (χ3n) is 7.98. The third-order valence-corrected chi connectivity index (χ3v) is 8.39. The van der Waals surface area contributed by atoms with E-state index in [0.29, 0.717) is 34.8 Å². The molecule has 3 fully saturated rings. The van der Waals surface area contributed by atoms with Gasteiger partial charge < -0.3 is 10.1 Å². The summed E-state index contributed by atoms with van der Waals surface area (Å²) in [6.07, 6.45) is 1.45. The molecule has 0 bridgehead atoms. The molecular formula is C24H21ClN4O6. The Labute approximate surface area is 204 Å². The highest BCUT2D eigenvalue weighted by atomic mass is 35.5. The van der Waals surface area contributed by atoms with Crippen molar-refractivity contribution in [3.63, 3.8) is 0 Å². The minimum Gasteiger partial charge on any atom is -0.495 e. The number of nitrogens with zero attached hydrogens (tertiary/aromatic N) is 3. The number of hydrogen-bond acceptors (Lipinski definition) is 7. The summed E-state index contributed by atoms with van der Waals surface area (Å²) in [7, 11) is 1.36. The highest BCUT2D eigenvalue weighted by Gasteiger charge is 2.75. The molecule has 4 aliphatic heterocycles. The second-order valence-electron chi connectivity index (χ2n) is 9.35. The summed E-state index contributed by atoms with van der Waals surface area (Å²) >= 11 is 6.32. The molecule has 3 amide bonds. The molecule has 35 heavy (non-hydrogen) atoms. The SMILES string of the molecule is COc1ccc([N+](=O)[O-])cc1N1C(=O)[C@@H]2[C@H]3CCCN3[C@]3(C(=O)Nc4c3ccc(Cl)c4C)[C@H]2C1=O. The molecule has 4 heterocycles. The second-order valence-corrected chi connectivity index (χ2v) is 9.75. The fourth-order valence-corrected chi connectivity index (χ4v) is 6.75. The van der Waals surface area contributed by atoms with Crippen LogP contribution in [-0.2, 0) is 19.9 Å². The number of amides is 3. The Morgan fingerprint density at radius 2 is 1.97 bits per heavy atom. The molecule has 4 aliphatic rings. The van der Waals surface area contributed by atoms with E-state index in [1.165, 1.54) is 25.3 Å². The van der Waals surface area contributed by atoms with Gasteiger partial charge in [-0.25, -0.2) is 4.90 Å².